The summed E-state index contributed by atoms with van der Waals surface area (Å²) in [5.41, 5.74) is 0. The molecular formula is C13H25N2O2. The Hall–Kier alpha value is -0.160. The van der Waals surface area contributed by atoms with Crippen LogP contribution in [0.2, 0.25) is 0 Å². The first kappa shape index (κ1) is 13.3. The molecule has 0 spiro atoms. The highest BCUT2D eigenvalue weighted by Gasteiger charge is 2.18. The Morgan fingerprint density at radius 2 is 2.00 bits per heavy atom. The van der Waals surface area contributed by atoms with E-state index in [1.807, 2.05) is 0 Å². The van der Waals surface area contributed by atoms with Crippen molar-refractivity contribution in [2.45, 2.75) is 50.7 Å². The van der Waals surface area contributed by atoms with Gasteiger partial charge in [0.05, 0.1) is 18.9 Å². The maximum atomic E-state index is 11.4. The lowest BCUT2D eigenvalue weighted by molar-refractivity contribution is -0.0277. The monoisotopic (exact) mass is 241 g/mol. The van der Waals surface area contributed by atoms with Gasteiger partial charge in [-0.2, -0.15) is 0 Å². The van der Waals surface area contributed by atoms with Gasteiger partial charge in [0.15, 0.2) is 0 Å². The lowest BCUT2D eigenvalue weighted by atomic mass is 10.2. The number of hydrogen-bond acceptors (Lipinski definition) is 3. The summed E-state index contributed by atoms with van der Waals surface area (Å²) in [6.07, 6.45) is 6.23. The van der Waals surface area contributed by atoms with E-state index in [1.165, 1.54) is 12.8 Å². The zero-order chi connectivity index (χ0) is 11.9. The van der Waals surface area contributed by atoms with E-state index in [9.17, 15) is 5.11 Å². The van der Waals surface area contributed by atoms with Gasteiger partial charge in [-0.25, -0.2) is 5.11 Å². The van der Waals surface area contributed by atoms with Crippen LogP contribution in [-0.4, -0.2) is 50.0 Å². The molecule has 1 N–H and O–H groups in total. The number of rotatable bonds is 3. The highest BCUT2D eigenvalue weighted by molar-refractivity contribution is 4.69. The molecule has 1 radical (unpaired) electrons. The smallest absolute Gasteiger partial charge is 0.0994 e. The van der Waals surface area contributed by atoms with Crippen molar-refractivity contribution in [1.82, 2.24) is 10.2 Å². The molecule has 2 rings (SSSR count). The third kappa shape index (κ3) is 4.92. The van der Waals surface area contributed by atoms with E-state index in [-0.39, 0.29) is 6.10 Å². The van der Waals surface area contributed by atoms with E-state index < -0.39 is 0 Å². The second kappa shape index (κ2) is 7.31. The van der Waals surface area contributed by atoms with Crippen molar-refractivity contribution in [1.29, 1.82) is 0 Å². The molecular weight excluding hydrogens is 216 g/mol. The van der Waals surface area contributed by atoms with Crippen molar-refractivity contribution in [2.24, 2.45) is 0 Å². The first-order chi connectivity index (χ1) is 8.34. The van der Waals surface area contributed by atoms with Gasteiger partial charge in [-0.1, -0.05) is 0 Å². The summed E-state index contributed by atoms with van der Waals surface area (Å²) in [4.78, 5) is 2.30. The molecule has 2 aliphatic rings. The normalized spacial score (nSPS) is 33.0. The highest BCUT2D eigenvalue weighted by atomic mass is 16.5. The van der Waals surface area contributed by atoms with E-state index in [2.05, 4.69) is 10.2 Å². The lowest BCUT2D eigenvalue weighted by Crippen LogP contribution is -2.31. The predicted molar refractivity (Wildman–Crippen MR) is 66.4 cm³/mol. The fraction of sp³-hybridized carbons (Fsp3) is 1.00. The first-order valence-corrected chi connectivity index (χ1v) is 7.05. The van der Waals surface area contributed by atoms with Crippen LogP contribution in [-0.2, 0) is 9.84 Å². The average Bonchev–Trinajstić information content (AvgIpc) is 2.69. The SMILES string of the molecule is [O]C1CCCN(COC2CCCNCC2)CC1. The zero-order valence-electron chi connectivity index (χ0n) is 10.7. The van der Waals surface area contributed by atoms with Crippen LogP contribution in [0, 0.1) is 0 Å². The minimum Gasteiger partial charge on any atom is -0.363 e. The van der Waals surface area contributed by atoms with Gasteiger partial charge in [0, 0.05) is 13.1 Å². The molecule has 0 amide bonds. The maximum absolute atomic E-state index is 11.4. The van der Waals surface area contributed by atoms with Gasteiger partial charge in [0.25, 0.3) is 0 Å². The Labute approximate surface area is 104 Å². The van der Waals surface area contributed by atoms with Crippen LogP contribution in [0.5, 0.6) is 0 Å². The van der Waals surface area contributed by atoms with Gasteiger partial charge >= 0.3 is 0 Å². The molecule has 2 atom stereocenters. The number of hydrogen-bond donors (Lipinski definition) is 1. The Morgan fingerprint density at radius 3 is 2.94 bits per heavy atom. The number of nitrogens with zero attached hydrogens (tertiary/aromatic N) is 1. The van der Waals surface area contributed by atoms with Gasteiger partial charge in [0.1, 0.15) is 0 Å². The highest BCUT2D eigenvalue weighted by Crippen LogP contribution is 2.14. The predicted octanol–water partition coefficient (Wildman–Crippen LogP) is 1.39. The fourth-order valence-corrected chi connectivity index (χ4v) is 2.62. The molecule has 4 nitrogen and oxygen atoms in total. The topological polar surface area (TPSA) is 44.4 Å². The van der Waals surface area contributed by atoms with Crippen LogP contribution < -0.4 is 5.32 Å². The Balaban J connectivity index is 1.66. The van der Waals surface area contributed by atoms with Crippen molar-refractivity contribution in [3.63, 3.8) is 0 Å². The molecule has 99 valence electrons. The molecule has 0 aromatic rings. The van der Waals surface area contributed by atoms with Gasteiger partial charge in [-0.3, -0.25) is 4.90 Å². The van der Waals surface area contributed by atoms with E-state index in [4.69, 9.17) is 4.74 Å². The zero-order valence-corrected chi connectivity index (χ0v) is 10.7. The van der Waals surface area contributed by atoms with Gasteiger partial charge in [-0.05, 0) is 51.6 Å². The number of ether oxygens (including phenoxy) is 1. The van der Waals surface area contributed by atoms with E-state index in [1.54, 1.807) is 0 Å². The van der Waals surface area contributed by atoms with Crippen LogP contribution in [0.3, 0.4) is 0 Å². The maximum Gasteiger partial charge on any atom is 0.0994 e. The standard InChI is InChI=1S/C13H25N2O2/c16-12-3-2-9-15(10-6-12)11-17-13-4-1-7-14-8-5-13/h12-14H,1-11H2. The molecule has 2 aliphatic heterocycles. The fourth-order valence-electron chi connectivity index (χ4n) is 2.62. The van der Waals surface area contributed by atoms with Crippen molar-refractivity contribution in [3.8, 4) is 0 Å². The molecule has 0 aromatic heterocycles. The molecule has 4 heteroatoms. The molecule has 2 fully saturated rings. The number of nitrogens with one attached hydrogen (secondary N) is 1. The summed E-state index contributed by atoms with van der Waals surface area (Å²) in [5.74, 6) is 0. The van der Waals surface area contributed by atoms with Crippen molar-refractivity contribution in [2.75, 3.05) is 32.9 Å². The summed E-state index contributed by atoms with van der Waals surface area (Å²) >= 11 is 0. The molecule has 2 heterocycles. The summed E-state index contributed by atoms with van der Waals surface area (Å²) in [7, 11) is 0. The third-order valence-corrected chi connectivity index (χ3v) is 3.78. The number of likely N-dealkylation sites (tertiary alicyclic amines) is 1. The van der Waals surface area contributed by atoms with Crippen molar-refractivity contribution in [3.05, 3.63) is 0 Å². The summed E-state index contributed by atoms with van der Waals surface area (Å²) in [6.45, 7) is 4.87. The Bertz CT molecular complexity index is 206. The van der Waals surface area contributed by atoms with Crippen molar-refractivity contribution >= 4 is 0 Å². The minimum absolute atomic E-state index is 0.345. The van der Waals surface area contributed by atoms with Gasteiger partial charge < -0.3 is 10.1 Å². The first-order valence-electron chi connectivity index (χ1n) is 7.05. The molecule has 17 heavy (non-hydrogen) atoms. The second-order valence-electron chi connectivity index (χ2n) is 5.27. The second-order valence-corrected chi connectivity index (χ2v) is 5.27. The van der Waals surface area contributed by atoms with E-state index in [0.29, 0.717) is 6.10 Å². The largest absolute Gasteiger partial charge is 0.363 e. The van der Waals surface area contributed by atoms with Gasteiger partial charge in [-0.15, -0.1) is 0 Å². The van der Waals surface area contributed by atoms with Gasteiger partial charge in [0.2, 0.25) is 0 Å². The van der Waals surface area contributed by atoms with E-state index >= 15 is 0 Å². The summed E-state index contributed by atoms with van der Waals surface area (Å²) in [5, 5.41) is 14.8. The van der Waals surface area contributed by atoms with Crippen LogP contribution in [0.4, 0.5) is 0 Å². The third-order valence-electron chi connectivity index (χ3n) is 3.78. The molecule has 2 unspecified atom stereocenters. The lowest BCUT2D eigenvalue weighted by Gasteiger charge is -2.23. The summed E-state index contributed by atoms with van der Waals surface area (Å²) in [6, 6.07) is 0. The molecule has 0 aromatic carbocycles. The van der Waals surface area contributed by atoms with Crippen molar-refractivity contribution < 1.29 is 9.84 Å². The Morgan fingerprint density at radius 1 is 1.06 bits per heavy atom. The molecule has 0 saturated carbocycles. The van der Waals surface area contributed by atoms with Crippen LogP contribution in [0.15, 0.2) is 0 Å². The van der Waals surface area contributed by atoms with E-state index in [0.717, 1.165) is 58.6 Å². The summed E-state index contributed by atoms with van der Waals surface area (Å²) < 4.78 is 5.98. The molecule has 2 saturated heterocycles. The molecule has 0 aliphatic carbocycles. The Kier molecular flexibility index (Phi) is 5.71. The quantitative estimate of drug-likeness (QED) is 0.812. The average molecular weight is 241 g/mol. The molecule has 0 bridgehead atoms. The van der Waals surface area contributed by atoms with Crippen LogP contribution in [0.25, 0.3) is 0 Å². The minimum atomic E-state index is -0.345. The van der Waals surface area contributed by atoms with Crippen LogP contribution >= 0.6 is 0 Å². The van der Waals surface area contributed by atoms with Crippen LogP contribution in [0.1, 0.15) is 38.5 Å².